The van der Waals surface area contributed by atoms with E-state index in [0.29, 0.717) is 6.61 Å². The molecule has 0 rings (SSSR count). The first-order valence-electron chi connectivity index (χ1n) is 5.06. The van der Waals surface area contributed by atoms with Gasteiger partial charge in [-0.3, -0.25) is 0 Å². The monoisotopic (exact) mass is 220 g/mol. The molecular weight excluding hydrogens is 200 g/mol. The zero-order valence-electron chi connectivity index (χ0n) is 10.0. The third kappa shape index (κ3) is 8.20. The Morgan fingerprint density at radius 3 is 2.40 bits per heavy atom. The number of ether oxygens (including phenoxy) is 1. The highest BCUT2D eigenvalue weighted by Gasteiger charge is 2.19. The fourth-order valence-electron chi connectivity index (χ4n) is 0.455. The summed E-state index contributed by atoms with van der Waals surface area (Å²) in [7, 11) is 0. The van der Waals surface area contributed by atoms with Crippen molar-refractivity contribution < 1.29 is 24.3 Å². The fraction of sp³-hybridized carbons (Fsp3) is 0.900. The fourth-order valence-corrected chi connectivity index (χ4v) is 0.455. The van der Waals surface area contributed by atoms with Crippen LogP contribution in [0.3, 0.4) is 0 Å². The van der Waals surface area contributed by atoms with Crippen molar-refractivity contribution in [2.75, 3.05) is 6.61 Å². The van der Waals surface area contributed by atoms with Crippen molar-refractivity contribution in [3.63, 3.8) is 0 Å². The lowest BCUT2D eigenvalue weighted by atomic mass is 10.1. The largest absolute Gasteiger partial charge is 0.542 e. The van der Waals surface area contributed by atoms with Gasteiger partial charge in [0.15, 0.2) is 0 Å². The lowest BCUT2D eigenvalue weighted by Crippen LogP contribution is -2.24. The molecular formula is C10H20O5. The number of rotatable bonds is 6. The molecule has 0 N–H and O–H groups in total. The highest BCUT2D eigenvalue weighted by molar-refractivity contribution is 5.58. The Balaban J connectivity index is 3.55. The van der Waals surface area contributed by atoms with E-state index >= 15 is 0 Å². The summed E-state index contributed by atoms with van der Waals surface area (Å²) in [6.45, 7) is 9.70. The van der Waals surface area contributed by atoms with E-state index in [0.717, 1.165) is 6.42 Å². The summed E-state index contributed by atoms with van der Waals surface area (Å²) in [4.78, 5) is 20.0. The number of hydrogen-bond acceptors (Lipinski definition) is 5. The van der Waals surface area contributed by atoms with E-state index in [2.05, 4.69) is 14.7 Å². The molecule has 90 valence electrons. The SMILES string of the molecule is CCC(C)(C)OOOC(=O)OCC(C)C. The number of carbonyl (C=O) groups is 1. The van der Waals surface area contributed by atoms with Crippen LogP contribution >= 0.6 is 0 Å². The van der Waals surface area contributed by atoms with Gasteiger partial charge in [0.1, 0.15) is 5.60 Å². The van der Waals surface area contributed by atoms with E-state index in [-0.39, 0.29) is 5.92 Å². The van der Waals surface area contributed by atoms with Crippen LogP contribution in [0.2, 0.25) is 0 Å². The van der Waals surface area contributed by atoms with Gasteiger partial charge in [0.05, 0.1) is 6.61 Å². The van der Waals surface area contributed by atoms with Crippen LogP contribution in [0, 0.1) is 5.92 Å². The van der Waals surface area contributed by atoms with Crippen LogP contribution in [0.1, 0.15) is 41.0 Å². The Morgan fingerprint density at radius 1 is 1.33 bits per heavy atom. The first kappa shape index (κ1) is 14.2. The van der Waals surface area contributed by atoms with E-state index < -0.39 is 11.8 Å². The molecule has 0 amide bonds. The van der Waals surface area contributed by atoms with Gasteiger partial charge in [0.25, 0.3) is 0 Å². The summed E-state index contributed by atoms with van der Waals surface area (Å²) in [5.74, 6) is 0.255. The zero-order valence-corrected chi connectivity index (χ0v) is 10.0. The van der Waals surface area contributed by atoms with Crippen molar-refractivity contribution in [3.8, 4) is 0 Å². The van der Waals surface area contributed by atoms with E-state index in [1.165, 1.54) is 0 Å². The molecule has 0 unspecified atom stereocenters. The van der Waals surface area contributed by atoms with Crippen molar-refractivity contribution >= 4 is 6.16 Å². The summed E-state index contributed by atoms with van der Waals surface area (Å²) in [5.41, 5.74) is -0.488. The molecule has 0 aliphatic carbocycles. The van der Waals surface area contributed by atoms with Crippen molar-refractivity contribution in [1.29, 1.82) is 0 Å². The van der Waals surface area contributed by atoms with Crippen LogP contribution in [-0.4, -0.2) is 18.4 Å². The molecule has 0 heterocycles. The van der Waals surface area contributed by atoms with E-state index in [1.54, 1.807) is 0 Å². The van der Waals surface area contributed by atoms with Crippen LogP contribution in [0.5, 0.6) is 0 Å². The predicted octanol–water partition coefficient (Wildman–Crippen LogP) is 2.85. The molecule has 0 saturated carbocycles. The van der Waals surface area contributed by atoms with Gasteiger partial charge in [-0.05, 0) is 31.2 Å². The standard InChI is InChI=1S/C10H20O5/c1-6-10(4,5)14-15-13-9(11)12-7-8(2)3/h8H,6-7H2,1-5H3. The topological polar surface area (TPSA) is 54.0 Å². The molecule has 0 bridgehead atoms. The molecule has 5 heteroatoms. The summed E-state index contributed by atoms with van der Waals surface area (Å²) < 4.78 is 4.69. The van der Waals surface area contributed by atoms with Gasteiger partial charge >= 0.3 is 6.16 Å². The minimum absolute atomic E-state index is 0.255. The van der Waals surface area contributed by atoms with Gasteiger partial charge in [-0.1, -0.05) is 20.8 Å². The average Bonchev–Trinajstić information content (AvgIpc) is 2.14. The molecule has 0 aromatic heterocycles. The summed E-state index contributed by atoms with van der Waals surface area (Å²) in [6, 6.07) is 0. The molecule has 0 aliphatic rings. The van der Waals surface area contributed by atoms with Crippen LogP contribution in [-0.2, 0) is 19.6 Å². The lowest BCUT2D eigenvalue weighted by molar-refractivity contribution is -0.517. The molecule has 0 spiro atoms. The Labute approximate surface area is 90.5 Å². The summed E-state index contributed by atoms with van der Waals surface area (Å²) in [5, 5.41) is 4.31. The van der Waals surface area contributed by atoms with Gasteiger partial charge in [-0.15, -0.1) is 0 Å². The average molecular weight is 220 g/mol. The second-order valence-corrected chi connectivity index (χ2v) is 4.30. The molecule has 0 atom stereocenters. The highest BCUT2D eigenvalue weighted by Crippen LogP contribution is 2.13. The smallest absolute Gasteiger partial charge is 0.432 e. The van der Waals surface area contributed by atoms with E-state index in [1.807, 2.05) is 34.6 Å². The number of hydrogen-bond donors (Lipinski definition) is 0. The van der Waals surface area contributed by atoms with Gasteiger partial charge in [0.2, 0.25) is 0 Å². The molecule has 15 heavy (non-hydrogen) atoms. The maximum absolute atomic E-state index is 10.9. The molecule has 0 aromatic rings. The minimum atomic E-state index is -0.893. The third-order valence-electron chi connectivity index (χ3n) is 1.75. The van der Waals surface area contributed by atoms with Gasteiger partial charge in [-0.25, -0.2) is 9.68 Å². The minimum Gasteiger partial charge on any atom is -0.432 e. The van der Waals surface area contributed by atoms with Crippen molar-refractivity contribution in [1.82, 2.24) is 0 Å². The Morgan fingerprint density at radius 2 is 1.93 bits per heavy atom. The molecule has 0 fully saturated rings. The highest BCUT2D eigenvalue weighted by atomic mass is 17.5. The lowest BCUT2D eigenvalue weighted by Gasteiger charge is -2.19. The van der Waals surface area contributed by atoms with Crippen molar-refractivity contribution in [2.24, 2.45) is 5.92 Å². The Hall–Kier alpha value is -0.810. The summed E-state index contributed by atoms with van der Waals surface area (Å²) in [6.07, 6.45) is -0.159. The Bertz CT molecular complexity index is 188. The molecule has 0 radical (unpaired) electrons. The normalized spacial score (nSPS) is 11.6. The molecule has 0 aliphatic heterocycles. The maximum atomic E-state index is 10.9. The first-order chi connectivity index (χ1) is 6.87. The van der Waals surface area contributed by atoms with Crippen molar-refractivity contribution in [3.05, 3.63) is 0 Å². The second kappa shape index (κ2) is 6.63. The van der Waals surface area contributed by atoms with E-state index in [9.17, 15) is 4.79 Å². The molecule has 0 saturated heterocycles. The third-order valence-corrected chi connectivity index (χ3v) is 1.75. The van der Waals surface area contributed by atoms with Crippen LogP contribution < -0.4 is 0 Å². The summed E-state index contributed by atoms with van der Waals surface area (Å²) >= 11 is 0. The van der Waals surface area contributed by atoms with Crippen LogP contribution in [0.4, 0.5) is 4.79 Å². The van der Waals surface area contributed by atoms with Crippen LogP contribution in [0.15, 0.2) is 0 Å². The quantitative estimate of drug-likeness (QED) is 0.391. The molecule has 5 nitrogen and oxygen atoms in total. The number of carbonyl (C=O) groups excluding carboxylic acids is 1. The van der Waals surface area contributed by atoms with E-state index in [4.69, 9.17) is 4.89 Å². The van der Waals surface area contributed by atoms with Crippen molar-refractivity contribution in [2.45, 2.75) is 46.6 Å². The maximum Gasteiger partial charge on any atom is 0.542 e. The predicted molar refractivity (Wildman–Crippen MR) is 53.8 cm³/mol. The molecule has 0 aromatic carbocycles. The zero-order chi connectivity index (χ0) is 11.9. The first-order valence-corrected chi connectivity index (χ1v) is 5.06. The van der Waals surface area contributed by atoms with Gasteiger partial charge in [0, 0.05) is 0 Å². The second-order valence-electron chi connectivity index (χ2n) is 4.30. The van der Waals surface area contributed by atoms with Gasteiger partial charge in [-0.2, -0.15) is 4.89 Å². The van der Waals surface area contributed by atoms with Gasteiger partial charge < -0.3 is 4.74 Å². The van der Waals surface area contributed by atoms with Crippen LogP contribution in [0.25, 0.3) is 0 Å². The Kier molecular flexibility index (Phi) is 6.27.